The SMILES string of the molecule is COc1ccccc1C1NC(=O)NC(C)=C1C(=O)OCCC(C)C. The molecule has 130 valence electrons. The molecule has 0 fully saturated rings. The summed E-state index contributed by atoms with van der Waals surface area (Å²) in [6.45, 7) is 6.18. The molecule has 24 heavy (non-hydrogen) atoms. The van der Waals surface area contributed by atoms with E-state index in [1.165, 1.54) is 0 Å². The Hall–Kier alpha value is -2.50. The molecule has 2 N–H and O–H groups in total. The highest BCUT2D eigenvalue weighted by Crippen LogP contribution is 2.33. The molecule has 6 nitrogen and oxygen atoms in total. The number of urea groups is 1. The first-order chi connectivity index (χ1) is 11.4. The van der Waals surface area contributed by atoms with Crippen molar-refractivity contribution in [2.75, 3.05) is 13.7 Å². The molecule has 2 rings (SSSR count). The Labute approximate surface area is 142 Å². The minimum atomic E-state index is -0.610. The minimum Gasteiger partial charge on any atom is -0.496 e. The highest BCUT2D eigenvalue weighted by Gasteiger charge is 2.33. The highest BCUT2D eigenvalue weighted by atomic mass is 16.5. The zero-order chi connectivity index (χ0) is 17.7. The van der Waals surface area contributed by atoms with Crippen molar-refractivity contribution >= 4 is 12.0 Å². The van der Waals surface area contributed by atoms with E-state index < -0.39 is 12.0 Å². The van der Waals surface area contributed by atoms with Crippen LogP contribution in [0.5, 0.6) is 5.75 Å². The summed E-state index contributed by atoms with van der Waals surface area (Å²) in [6.07, 6.45) is 0.789. The normalized spacial score (nSPS) is 17.4. The van der Waals surface area contributed by atoms with Gasteiger partial charge in [0, 0.05) is 11.3 Å². The fourth-order valence-corrected chi connectivity index (χ4v) is 2.57. The molecule has 0 aliphatic carbocycles. The van der Waals surface area contributed by atoms with E-state index in [1.54, 1.807) is 20.1 Å². The Morgan fingerprint density at radius 2 is 2.00 bits per heavy atom. The third-order valence-corrected chi connectivity index (χ3v) is 3.87. The summed E-state index contributed by atoms with van der Waals surface area (Å²) in [6, 6.07) is 6.32. The number of esters is 1. The van der Waals surface area contributed by atoms with E-state index in [0.29, 0.717) is 35.1 Å². The summed E-state index contributed by atoms with van der Waals surface area (Å²) in [5, 5.41) is 5.41. The van der Waals surface area contributed by atoms with E-state index in [-0.39, 0.29) is 6.03 Å². The molecule has 0 saturated heterocycles. The maximum atomic E-state index is 12.6. The summed E-state index contributed by atoms with van der Waals surface area (Å²) in [7, 11) is 1.55. The monoisotopic (exact) mass is 332 g/mol. The summed E-state index contributed by atoms with van der Waals surface area (Å²) in [4.78, 5) is 24.4. The molecule has 0 aromatic heterocycles. The quantitative estimate of drug-likeness (QED) is 0.785. The molecule has 0 bridgehead atoms. The third kappa shape index (κ3) is 4.07. The van der Waals surface area contributed by atoms with Gasteiger partial charge in [-0.3, -0.25) is 0 Å². The van der Waals surface area contributed by atoms with Crippen LogP contribution >= 0.6 is 0 Å². The summed E-state index contributed by atoms with van der Waals surface area (Å²) < 4.78 is 10.8. The topological polar surface area (TPSA) is 76.7 Å². The smallest absolute Gasteiger partial charge is 0.338 e. The van der Waals surface area contributed by atoms with Gasteiger partial charge in [0.1, 0.15) is 5.75 Å². The lowest BCUT2D eigenvalue weighted by Crippen LogP contribution is -2.45. The molecule has 0 spiro atoms. The predicted octanol–water partition coefficient (Wildman–Crippen LogP) is 2.91. The Balaban J connectivity index is 2.32. The van der Waals surface area contributed by atoms with Crippen molar-refractivity contribution in [3.05, 3.63) is 41.1 Å². The first-order valence-corrected chi connectivity index (χ1v) is 8.02. The molecule has 1 heterocycles. The first-order valence-electron chi connectivity index (χ1n) is 8.02. The third-order valence-electron chi connectivity index (χ3n) is 3.87. The lowest BCUT2D eigenvalue weighted by molar-refractivity contribution is -0.139. The van der Waals surface area contributed by atoms with Gasteiger partial charge in [0.15, 0.2) is 0 Å². The fourth-order valence-electron chi connectivity index (χ4n) is 2.57. The molecule has 1 aliphatic rings. The van der Waals surface area contributed by atoms with Crippen molar-refractivity contribution in [1.82, 2.24) is 10.6 Å². The van der Waals surface area contributed by atoms with Crippen LogP contribution in [0.1, 0.15) is 38.8 Å². The van der Waals surface area contributed by atoms with E-state index >= 15 is 0 Å². The molecule has 1 aromatic carbocycles. The first kappa shape index (κ1) is 17.8. The minimum absolute atomic E-state index is 0.347. The van der Waals surface area contributed by atoms with Gasteiger partial charge in [-0.2, -0.15) is 0 Å². The fraction of sp³-hybridized carbons (Fsp3) is 0.444. The van der Waals surface area contributed by atoms with Gasteiger partial charge in [0.05, 0.1) is 25.3 Å². The van der Waals surface area contributed by atoms with Crippen molar-refractivity contribution in [2.45, 2.75) is 33.2 Å². The second kappa shape index (κ2) is 7.86. The molecule has 0 radical (unpaired) electrons. The average Bonchev–Trinajstić information content (AvgIpc) is 2.53. The summed E-state index contributed by atoms with van der Waals surface area (Å²) in [5.74, 6) is 0.614. The van der Waals surface area contributed by atoms with Gasteiger partial charge in [-0.25, -0.2) is 9.59 Å². The molecule has 0 saturated carbocycles. The number of ether oxygens (including phenoxy) is 2. The van der Waals surface area contributed by atoms with Crippen molar-refractivity contribution in [1.29, 1.82) is 0 Å². The molecular weight excluding hydrogens is 308 g/mol. The summed E-state index contributed by atoms with van der Waals surface area (Å²) >= 11 is 0. The molecule has 2 amide bonds. The zero-order valence-electron chi connectivity index (χ0n) is 14.5. The van der Waals surface area contributed by atoms with Crippen molar-refractivity contribution in [2.24, 2.45) is 5.92 Å². The van der Waals surface area contributed by atoms with Gasteiger partial charge in [0.2, 0.25) is 0 Å². The summed E-state index contributed by atoms with van der Waals surface area (Å²) in [5.41, 5.74) is 1.59. The van der Waals surface area contributed by atoms with Gasteiger partial charge in [0.25, 0.3) is 0 Å². The number of para-hydroxylation sites is 1. The van der Waals surface area contributed by atoms with Crippen LogP contribution < -0.4 is 15.4 Å². The Morgan fingerprint density at radius 3 is 2.67 bits per heavy atom. The zero-order valence-corrected chi connectivity index (χ0v) is 14.5. The number of methoxy groups -OCH3 is 1. The predicted molar refractivity (Wildman–Crippen MR) is 90.5 cm³/mol. The number of allylic oxidation sites excluding steroid dienone is 1. The van der Waals surface area contributed by atoms with Gasteiger partial charge >= 0.3 is 12.0 Å². The molecule has 1 aromatic rings. The van der Waals surface area contributed by atoms with Crippen LogP contribution in [0.2, 0.25) is 0 Å². The van der Waals surface area contributed by atoms with Crippen LogP contribution in [0.25, 0.3) is 0 Å². The van der Waals surface area contributed by atoms with Crippen LogP contribution in [0.3, 0.4) is 0 Å². The maximum Gasteiger partial charge on any atom is 0.338 e. The van der Waals surface area contributed by atoms with Gasteiger partial charge in [-0.1, -0.05) is 32.0 Å². The van der Waals surface area contributed by atoms with Crippen LogP contribution in [-0.4, -0.2) is 25.7 Å². The molecular formula is C18H24N2O4. The van der Waals surface area contributed by atoms with Crippen LogP contribution in [-0.2, 0) is 9.53 Å². The van der Waals surface area contributed by atoms with Crippen molar-refractivity contribution < 1.29 is 19.1 Å². The molecule has 6 heteroatoms. The number of hydrogen-bond acceptors (Lipinski definition) is 4. The highest BCUT2D eigenvalue weighted by molar-refractivity contribution is 5.95. The van der Waals surface area contributed by atoms with E-state index in [1.807, 2.05) is 18.2 Å². The van der Waals surface area contributed by atoms with Crippen molar-refractivity contribution in [3.63, 3.8) is 0 Å². The largest absolute Gasteiger partial charge is 0.496 e. The Morgan fingerprint density at radius 1 is 1.29 bits per heavy atom. The second-order valence-electron chi connectivity index (χ2n) is 6.13. The number of amides is 2. The number of nitrogens with one attached hydrogen (secondary N) is 2. The van der Waals surface area contributed by atoms with Gasteiger partial charge in [-0.15, -0.1) is 0 Å². The lowest BCUT2D eigenvalue weighted by atomic mass is 9.95. The molecule has 1 aliphatic heterocycles. The number of hydrogen-bond donors (Lipinski definition) is 2. The number of carbonyl (C=O) groups excluding carboxylic acids is 2. The average molecular weight is 332 g/mol. The van der Waals surface area contributed by atoms with Crippen molar-refractivity contribution in [3.8, 4) is 5.75 Å². The Bertz CT molecular complexity index is 652. The van der Waals surface area contributed by atoms with Gasteiger partial charge in [-0.05, 0) is 25.3 Å². The number of benzene rings is 1. The second-order valence-corrected chi connectivity index (χ2v) is 6.13. The van der Waals surface area contributed by atoms with E-state index in [9.17, 15) is 9.59 Å². The van der Waals surface area contributed by atoms with Crippen LogP contribution in [0.15, 0.2) is 35.5 Å². The number of carbonyl (C=O) groups is 2. The number of rotatable bonds is 6. The molecule has 1 atom stereocenters. The lowest BCUT2D eigenvalue weighted by Gasteiger charge is -2.29. The standard InChI is InChI=1S/C18H24N2O4/c1-11(2)9-10-24-17(21)15-12(3)19-18(22)20-16(15)13-7-5-6-8-14(13)23-4/h5-8,11,16H,9-10H2,1-4H3,(H2,19,20,22). The van der Waals surface area contributed by atoms with E-state index in [4.69, 9.17) is 9.47 Å². The van der Waals surface area contributed by atoms with Crippen LogP contribution in [0, 0.1) is 5.92 Å². The maximum absolute atomic E-state index is 12.6. The van der Waals surface area contributed by atoms with Gasteiger partial charge < -0.3 is 20.1 Å². The van der Waals surface area contributed by atoms with Crippen LogP contribution in [0.4, 0.5) is 4.79 Å². The van der Waals surface area contributed by atoms with E-state index in [2.05, 4.69) is 24.5 Å². The van der Waals surface area contributed by atoms with E-state index in [0.717, 1.165) is 6.42 Å². The molecule has 1 unspecified atom stereocenters. The Kier molecular flexibility index (Phi) is 5.84.